The summed E-state index contributed by atoms with van der Waals surface area (Å²) >= 11 is 3.52. The van der Waals surface area contributed by atoms with Gasteiger partial charge in [0.1, 0.15) is 5.69 Å². The van der Waals surface area contributed by atoms with Crippen molar-refractivity contribution in [1.29, 1.82) is 0 Å². The lowest BCUT2D eigenvalue weighted by Gasteiger charge is -2.07. The molecule has 0 atom stereocenters. The van der Waals surface area contributed by atoms with E-state index in [-0.39, 0.29) is 0 Å². The first-order chi connectivity index (χ1) is 9.06. The molecule has 0 amide bonds. The Bertz CT molecular complexity index is 529. The number of rotatable bonds is 5. The molecule has 1 aromatic carbocycles. The minimum absolute atomic E-state index is 0.628. The summed E-state index contributed by atoms with van der Waals surface area (Å²) in [5.74, 6) is 1.48. The second-order valence-corrected chi connectivity index (χ2v) is 6.09. The molecule has 0 aliphatic rings. The van der Waals surface area contributed by atoms with Crippen molar-refractivity contribution in [2.45, 2.75) is 27.3 Å². The van der Waals surface area contributed by atoms with E-state index in [2.05, 4.69) is 65.2 Å². The van der Waals surface area contributed by atoms with Crippen molar-refractivity contribution in [3.63, 3.8) is 0 Å². The third-order valence-electron chi connectivity index (χ3n) is 2.79. The predicted molar refractivity (Wildman–Crippen MR) is 80.9 cm³/mol. The van der Waals surface area contributed by atoms with E-state index >= 15 is 0 Å². The number of benzene rings is 1. The molecule has 2 rings (SSSR count). The largest absolute Gasteiger partial charge is 0.443 e. The van der Waals surface area contributed by atoms with Gasteiger partial charge in [-0.1, -0.05) is 29.8 Å². The Morgan fingerprint density at radius 3 is 2.79 bits per heavy atom. The van der Waals surface area contributed by atoms with Crippen LogP contribution in [0.5, 0.6) is 0 Å². The summed E-state index contributed by atoms with van der Waals surface area (Å²) in [6, 6.07) is 6.24. The monoisotopic (exact) mass is 322 g/mol. The third-order valence-corrected chi connectivity index (χ3v) is 3.25. The molecule has 0 bridgehead atoms. The highest BCUT2D eigenvalue weighted by molar-refractivity contribution is 9.10. The lowest BCUT2D eigenvalue weighted by Crippen LogP contribution is -2.19. The molecule has 2 aromatic rings. The number of aromatic nitrogens is 1. The van der Waals surface area contributed by atoms with Crippen LogP contribution >= 0.6 is 15.9 Å². The van der Waals surface area contributed by atoms with Gasteiger partial charge in [0.05, 0.1) is 0 Å². The Hall–Kier alpha value is -1.13. The average Bonchev–Trinajstić information content (AvgIpc) is 2.75. The van der Waals surface area contributed by atoms with Gasteiger partial charge >= 0.3 is 0 Å². The van der Waals surface area contributed by atoms with E-state index < -0.39 is 0 Å². The summed E-state index contributed by atoms with van der Waals surface area (Å²) in [5.41, 5.74) is 3.21. The number of hydrogen-bond acceptors (Lipinski definition) is 3. The van der Waals surface area contributed by atoms with Crippen LogP contribution in [0.25, 0.3) is 11.3 Å². The zero-order chi connectivity index (χ0) is 13.8. The maximum absolute atomic E-state index is 5.55. The van der Waals surface area contributed by atoms with Crippen molar-refractivity contribution in [1.82, 2.24) is 10.3 Å². The van der Waals surface area contributed by atoms with Crippen LogP contribution in [-0.4, -0.2) is 11.5 Å². The summed E-state index contributed by atoms with van der Waals surface area (Å²) in [6.45, 7) is 8.16. The number of nitrogens with zero attached hydrogens (tertiary/aromatic N) is 1. The molecule has 19 heavy (non-hydrogen) atoms. The van der Waals surface area contributed by atoms with Gasteiger partial charge in [-0.2, -0.15) is 0 Å². The number of hydrogen-bond donors (Lipinski definition) is 1. The lowest BCUT2D eigenvalue weighted by atomic mass is 10.1. The predicted octanol–water partition coefficient (Wildman–Crippen LogP) is 4.16. The fourth-order valence-corrected chi connectivity index (χ4v) is 2.58. The quantitative estimate of drug-likeness (QED) is 0.898. The Morgan fingerprint density at radius 2 is 2.11 bits per heavy atom. The standard InChI is InChI=1S/C15H19BrN2O/c1-10(2)7-17-8-14-15(19-9-18-14)12-4-11(3)5-13(16)6-12/h4-6,9-10,17H,7-8H2,1-3H3. The fraction of sp³-hybridized carbons (Fsp3) is 0.400. The van der Waals surface area contributed by atoms with Crippen molar-refractivity contribution in [2.24, 2.45) is 5.92 Å². The van der Waals surface area contributed by atoms with E-state index in [1.807, 2.05) is 0 Å². The first-order valence-electron chi connectivity index (χ1n) is 6.47. The van der Waals surface area contributed by atoms with Crippen LogP contribution in [0, 0.1) is 12.8 Å². The Labute approximate surface area is 122 Å². The van der Waals surface area contributed by atoms with Crippen molar-refractivity contribution >= 4 is 15.9 Å². The third kappa shape index (κ3) is 3.91. The van der Waals surface area contributed by atoms with Crippen molar-refractivity contribution in [3.05, 3.63) is 40.3 Å². The van der Waals surface area contributed by atoms with Crippen LogP contribution in [0.2, 0.25) is 0 Å². The maximum Gasteiger partial charge on any atom is 0.181 e. The van der Waals surface area contributed by atoms with E-state index in [1.54, 1.807) is 0 Å². The highest BCUT2D eigenvalue weighted by atomic mass is 79.9. The zero-order valence-electron chi connectivity index (χ0n) is 11.5. The van der Waals surface area contributed by atoms with Crippen molar-refractivity contribution in [2.75, 3.05) is 6.54 Å². The SMILES string of the molecule is Cc1cc(Br)cc(-c2ocnc2CNCC(C)C)c1. The average molecular weight is 323 g/mol. The molecule has 0 saturated carbocycles. The van der Waals surface area contributed by atoms with Gasteiger partial charge < -0.3 is 9.73 Å². The second kappa shape index (κ2) is 6.35. The van der Waals surface area contributed by atoms with Gasteiger partial charge in [0, 0.05) is 16.6 Å². The Morgan fingerprint density at radius 1 is 1.32 bits per heavy atom. The summed E-state index contributed by atoms with van der Waals surface area (Å²) in [4.78, 5) is 4.30. The molecule has 1 N–H and O–H groups in total. The molecular weight excluding hydrogens is 304 g/mol. The normalized spacial score (nSPS) is 11.2. The van der Waals surface area contributed by atoms with Crippen LogP contribution in [0.15, 0.2) is 33.5 Å². The summed E-state index contributed by atoms with van der Waals surface area (Å²) in [7, 11) is 0. The van der Waals surface area contributed by atoms with Gasteiger partial charge in [-0.15, -0.1) is 0 Å². The van der Waals surface area contributed by atoms with E-state index in [9.17, 15) is 0 Å². The second-order valence-electron chi connectivity index (χ2n) is 5.17. The number of nitrogens with one attached hydrogen (secondary N) is 1. The first-order valence-corrected chi connectivity index (χ1v) is 7.26. The molecule has 1 aromatic heterocycles. The molecule has 0 aliphatic carbocycles. The summed E-state index contributed by atoms with van der Waals surface area (Å²) in [6.07, 6.45) is 1.51. The molecular formula is C15H19BrN2O. The summed E-state index contributed by atoms with van der Waals surface area (Å²) < 4.78 is 6.60. The maximum atomic E-state index is 5.55. The molecule has 4 heteroatoms. The zero-order valence-corrected chi connectivity index (χ0v) is 13.1. The van der Waals surface area contributed by atoms with E-state index in [1.165, 1.54) is 12.0 Å². The highest BCUT2D eigenvalue weighted by Gasteiger charge is 2.11. The molecule has 0 fully saturated rings. The fourth-order valence-electron chi connectivity index (χ4n) is 1.98. The summed E-state index contributed by atoms with van der Waals surface area (Å²) in [5, 5.41) is 3.39. The Balaban J connectivity index is 2.18. The molecule has 3 nitrogen and oxygen atoms in total. The highest BCUT2D eigenvalue weighted by Crippen LogP contribution is 2.27. The Kier molecular flexibility index (Phi) is 4.77. The van der Waals surface area contributed by atoms with Crippen LogP contribution in [0.1, 0.15) is 25.1 Å². The molecule has 0 spiro atoms. The van der Waals surface area contributed by atoms with Crippen LogP contribution < -0.4 is 5.32 Å². The molecule has 102 valence electrons. The van der Waals surface area contributed by atoms with E-state index in [0.717, 1.165) is 34.6 Å². The lowest BCUT2D eigenvalue weighted by molar-refractivity contribution is 0.545. The van der Waals surface area contributed by atoms with Crippen LogP contribution in [0.4, 0.5) is 0 Å². The number of aryl methyl sites for hydroxylation is 1. The minimum Gasteiger partial charge on any atom is -0.443 e. The van der Waals surface area contributed by atoms with Crippen LogP contribution in [0.3, 0.4) is 0 Å². The van der Waals surface area contributed by atoms with Crippen molar-refractivity contribution < 1.29 is 4.42 Å². The molecule has 1 heterocycles. The van der Waals surface area contributed by atoms with Gasteiger partial charge in [0.2, 0.25) is 0 Å². The van der Waals surface area contributed by atoms with Crippen LogP contribution in [-0.2, 0) is 6.54 Å². The first kappa shape index (κ1) is 14.3. The topological polar surface area (TPSA) is 38.1 Å². The molecule has 0 unspecified atom stereocenters. The van der Waals surface area contributed by atoms with Gasteiger partial charge in [-0.3, -0.25) is 0 Å². The van der Waals surface area contributed by atoms with E-state index in [4.69, 9.17) is 4.42 Å². The van der Waals surface area contributed by atoms with Crippen molar-refractivity contribution in [3.8, 4) is 11.3 Å². The molecule has 0 radical (unpaired) electrons. The van der Waals surface area contributed by atoms with E-state index in [0.29, 0.717) is 5.92 Å². The van der Waals surface area contributed by atoms with Gasteiger partial charge in [-0.25, -0.2) is 4.98 Å². The van der Waals surface area contributed by atoms with Gasteiger partial charge in [0.15, 0.2) is 12.2 Å². The minimum atomic E-state index is 0.628. The molecule has 0 saturated heterocycles. The number of oxazole rings is 1. The number of halogens is 1. The van der Waals surface area contributed by atoms with Gasteiger partial charge in [0.25, 0.3) is 0 Å². The smallest absolute Gasteiger partial charge is 0.181 e. The van der Waals surface area contributed by atoms with Gasteiger partial charge in [-0.05, 0) is 43.1 Å². The molecule has 0 aliphatic heterocycles.